The third kappa shape index (κ3) is 3.68. The van der Waals surface area contributed by atoms with Gasteiger partial charge < -0.3 is 20.1 Å². The lowest BCUT2D eigenvalue weighted by atomic mass is 9.97. The molecule has 25 heavy (non-hydrogen) atoms. The van der Waals surface area contributed by atoms with E-state index in [-0.39, 0.29) is 12.1 Å². The number of aryl methyl sites for hydroxylation is 2. The number of hydrogen-bond donors (Lipinski definition) is 2. The first-order chi connectivity index (χ1) is 11.9. The molecule has 134 valence electrons. The molecule has 3 rings (SSSR count). The van der Waals surface area contributed by atoms with Crippen LogP contribution in [0.4, 0.5) is 0 Å². The molecule has 1 aliphatic rings. The van der Waals surface area contributed by atoms with E-state index in [0.29, 0.717) is 0 Å². The summed E-state index contributed by atoms with van der Waals surface area (Å²) in [4.78, 5) is 12.6. The lowest BCUT2D eigenvalue weighted by Crippen LogP contribution is -2.35. The first-order valence-electron chi connectivity index (χ1n) is 8.37. The monoisotopic (exact) mass is 469 g/mol. The summed E-state index contributed by atoms with van der Waals surface area (Å²) in [6.07, 6.45) is 1.85. The molecule has 2 N–H and O–H groups in total. The molecule has 0 unspecified atom stereocenters. The predicted molar refractivity (Wildman–Crippen MR) is 114 cm³/mol. The van der Waals surface area contributed by atoms with Crippen molar-refractivity contribution in [2.45, 2.75) is 25.9 Å². The molecule has 7 heteroatoms. The summed E-state index contributed by atoms with van der Waals surface area (Å²) >= 11 is 8.14. The molecular formula is C18H24IN5S. The van der Waals surface area contributed by atoms with Gasteiger partial charge >= 0.3 is 0 Å². The minimum atomic E-state index is 0.0540. The topological polar surface area (TPSA) is 47.2 Å². The number of rotatable bonds is 5. The van der Waals surface area contributed by atoms with Crippen molar-refractivity contribution in [1.82, 2.24) is 25.1 Å². The lowest BCUT2D eigenvalue weighted by molar-refractivity contribution is 0.276. The highest BCUT2D eigenvalue weighted by molar-refractivity contribution is 14.1. The maximum Gasteiger partial charge on any atom is 0.170 e. The molecule has 2 aromatic rings. The van der Waals surface area contributed by atoms with Crippen LogP contribution in [0.2, 0.25) is 0 Å². The van der Waals surface area contributed by atoms with Gasteiger partial charge in [0, 0.05) is 39.8 Å². The fourth-order valence-electron chi connectivity index (χ4n) is 3.39. The summed E-state index contributed by atoms with van der Waals surface area (Å²) in [7, 11) is 4.18. The molecule has 1 fully saturated rings. The Balaban J connectivity index is 2.05. The Morgan fingerprint density at radius 1 is 1.28 bits per heavy atom. The maximum absolute atomic E-state index is 5.70. The van der Waals surface area contributed by atoms with Crippen LogP contribution in [-0.4, -0.2) is 52.1 Å². The van der Waals surface area contributed by atoms with Crippen LogP contribution in [-0.2, 0) is 0 Å². The summed E-state index contributed by atoms with van der Waals surface area (Å²) in [5.74, 6) is 0. The minimum absolute atomic E-state index is 0.0540. The molecule has 0 aliphatic carbocycles. The van der Waals surface area contributed by atoms with Crippen LogP contribution in [0.1, 0.15) is 34.7 Å². The Morgan fingerprint density at radius 2 is 2.04 bits per heavy atom. The molecule has 5 nitrogen and oxygen atoms in total. The summed E-state index contributed by atoms with van der Waals surface area (Å²) in [5, 5.41) is 4.32. The molecule has 2 aromatic heterocycles. The second-order valence-corrected chi connectivity index (χ2v) is 8.19. The molecule has 0 spiro atoms. The van der Waals surface area contributed by atoms with Crippen molar-refractivity contribution in [2.24, 2.45) is 0 Å². The van der Waals surface area contributed by atoms with Crippen LogP contribution in [0.15, 0.2) is 24.4 Å². The summed E-state index contributed by atoms with van der Waals surface area (Å²) in [5.41, 5.74) is 4.75. The van der Waals surface area contributed by atoms with Crippen LogP contribution >= 0.6 is 34.8 Å². The van der Waals surface area contributed by atoms with Gasteiger partial charge in [-0.25, -0.2) is 0 Å². The van der Waals surface area contributed by atoms with E-state index in [0.717, 1.165) is 23.9 Å². The van der Waals surface area contributed by atoms with Crippen molar-refractivity contribution in [3.63, 3.8) is 0 Å². The van der Waals surface area contributed by atoms with E-state index in [9.17, 15) is 0 Å². The van der Waals surface area contributed by atoms with Crippen molar-refractivity contribution >= 4 is 39.9 Å². The SMILES string of the molecule is Cc1[nH]c(C)c([C@@H]2[C@@H](c3ccccn3)NC(=S)N2CCN(C)C)c1I. The van der Waals surface area contributed by atoms with E-state index in [1.165, 1.54) is 20.5 Å². The summed E-state index contributed by atoms with van der Waals surface area (Å²) in [6, 6.07) is 6.25. The minimum Gasteiger partial charge on any atom is -0.362 e. The van der Waals surface area contributed by atoms with Crippen molar-refractivity contribution in [3.8, 4) is 0 Å². The third-order valence-corrected chi connectivity index (χ3v) is 6.37. The van der Waals surface area contributed by atoms with Crippen LogP contribution in [0, 0.1) is 17.4 Å². The first-order valence-corrected chi connectivity index (χ1v) is 9.86. The Labute approximate surface area is 168 Å². The van der Waals surface area contributed by atoms with Gasteiger partial charge in [-0.05, 0) is 74.9 Å². The normalized spacial score (nSPS) is 20.4. The van der Waals surface area contributed by atoms with E-state index in [1.54, 1.807) is 0 Å². The van der Waals surface area contributed by atoms with Gasteiger partial charge in [-0.3, -0.25) is 4.98 Å². The molecule has 0 amide bonds. The molecule has 1 aliphatic heterocycles. The van der Waals surface area contributed by atoms with E-state index in [1.807, 2.05) is 18.3 Å². The van der Waals surface area contributed by atoms with Gasteiger partial charge in [-0.15, -0.1) is 0 Å². The van der Waals surface area contributed by atoms with Crippen molar-refractivity contribution in [3.05, 3.63) is 50.6 Å². The molecule has 3 heterocycles. The number of nitrogens with one attached hydrogen (secondary N) is 2. The van der Waals surface area contributed by atoms with Crippen molar-refractivity contribution in [2.75, 3.05) is 27.2 Å². The van der Waals surface area contributed by atoms with Gasteiger partial charge in [0.1, 0.15) is 0 Å². The molecular weight excluding hydrogens is 445 g/mol. The Morgan fingerprint density at radius 3 is 2.60 bits per heavy atom. The molecule has 0 radical (unpaired) electrons. The quantitative estimate of drug-likeness (QED) is 0.521. The number of H-pyrrole nitrogens is 1. The fourth-order valence-corrected chi connectivity index (χ4v) is 4.58. The van der Waals surface area contributed by atoms with Crippen molar-refractivity contribution < 1.29 is 0 Å². The standard InChI is InChI=1S/C18H24IN5S/c1-11-14(15(19)12(2)21-11)17-16(13-7-5-6-8-20-13)22-18(25)24(17)10-9-23(3)4/h5-8,16-17,21H,9-10H2,1-4H3,(H,22,25)/t16-,17-/m1/s1. The lowest BCUT2D eigenvalue weighted by Gasteiger charge is -2.29. The van der Waals surface area contributed by atoms with Gasteiger partial charge in [-0.2, -0.15) is 0 Å². The van der Waals surface area contributed by atoms with Gasteiger partial charge in [-0.1, -0.05) is 6.07 Å². The average Bonchev–Trinajstić information content (AvgIpc) is 3.02. The van der Waals surface area contributed by atoms with Crippen LogP contribution in [0.3, 0.4) is 0 Å². The van der Waals surface area contributed by atoms with E-state index >= 15 is 0 Å². The molecule has 2 atom stereocenters. The van der Waals surface area contributed by atoms with E-state index in [2.05, 4.69) is 81.7 Å². The zero-order valence-corrected chi connectivity index (χ0v) is 18.0. The number of halogens is 1. The molecule has 0 aromatic carbocycles. The number of thiocarbonyl (C=S) groups is 1. The maximum atomic E-state index is 5.70. The number of aromatic amines is 1. The third-order valence-electron chi connectivity index (χ3n) is 4.63. The Kier molecular flexibility index (Phi) is 5.65. The second-order valence-electron chi connectivity index (χ2n) is 6.73. The molecule has 1 saturated heterocycles. The van der Waals surface area contributed by atoms with Gasteiger partial charge in [0.2, 0.25) is 0 Å². The zero-order valence-electron chi connectivity index (χ0n) is 15.0. The van der Waals surface area contributed by atoms with Gasteiger partial charge in [0.05, 0.1) is 17.8 Å². The number of hydrogen-bond acceptors (Lipinski definition) is 3. The summed E-state index contributed by atoms with van der Waals surface area (Å²) in [6.45, 7) is 6.10. The number of likely N-dealkylation sites (N-methyl/N-ethyl adjacent to an activating group) is 1. The Bertz CT molecular complexity index is 758. The largest absolute Gasteiger partial charge is 0.362 e. The highest BCUT2D eigenvalue weighted by Crippen LogP contribution is 2.42. The highest BCUT2D eigenvalue weighted by atomic mass is 127. The van der Waals surface area contributed by atoms with E-state index < -0.39 is 0 Å². The van der Waals surface area contributed by atoms with Crippen molar-refractivity contribution in [1.29, 1.82) is 0 Å². The predicted octanol–water partition coefficient (Wildman–Crippen LogP) is 3.17. The van der Waals surface area contributed by atoms with Crippen LogP contribution < -0.4 is 5.32 Å². The molecule has 0 bridgehead atoms. The number of pyridine rings is 1. The first kappa shape index (κ1) is 18.6. The van der Waals surface area contributed by atoms with Gasteiger partial charge in [0.25, 0.3) is 0 Å². The average molecular weight is 469 g/mol. The molecule has 0 saturated carbocycles. The highest BCUT2D eigenvalue weighted by Gasteiger charge is 2.41. The number of nitrogens with zero attached hydrogens (tertiary/aromatic N) is 3. The zero-order chi connectivity index (χ0) is 18.1. The second kappa shape index (κ2) is 7.59. The van der Waals surface area contributed by atoms with Gasteiger partial charge in [0.15, 0.2) is 5.11 Å². The summed E-state index contributed by atoms with van der Waals surface area (Å²) < 4.78 is 1.28. The van der Waals surface area contributed by atoms with E-state index in [4.69, 9.17) is 12.2 Å². The van der Waals surface area contributed by atoms with Crippen LogP contribution in [0.5, 0.6) is 0 Å². The Hall–Kier alpha value is -1.19. The smallest absolute Gasteiger partial charge is 0.170 e. The fraction of sp³-hybridized carbons (Fsp3) is 0.444. The van der Waals surface area contributed by atoms with Crippen LogP contribution in [0.25, 0.3) is 0 Å². The number of aromatic nitrogens is 2.